The molecule has 0 aliphatic carbocycles. The summed E-state index contributed by atoms with van der Waals surface area (Å²) < 4.78 is 63.5. The highest BCUT2D eigenvalue weighted by Gasteiger charge is 2.31. The number of rotatable bonds is 6. The predicted molar refractivity (Wildman–Crippen MR) is 76.6 cm³/mol. The molecule has 0 unspecified atom stereocenters. The number of hydrogen-bond donors (Lipinski definition) is 2. The molecule has 7 nitrogen and oxygen atoms in total. The van der Waals surface area contributed by atoms with Crippen LogP contribution in [0.3, 0.4) is 0 Å². The average molecular weight is 362 g/mol. The lowest BCUT2D eigenvalue weighted by atomic mass is 10.2. The Kier molecular flexibility index (Phi) is 7.32. The zero-order valence-electron chi connectivity index (χ0n) is 13.3. The highest BCUT2D eigenvalue weighted by Crippen LogP contribution is 2.12. The molecule has 0 saturated carbocycles. The van der Waals surface area contributed by atoms with Gasteiger partial charge >= 0.3 is 12.3 Å². The smallest absolute Gasteiger partial charge is 0.408 e. The quantitative estimate of drug-likeness (QED) is 0.734. The van der Waals surface area contributed by atoms with Gasteiger partial charge in [0.05, 0.1) is 5.75 Å². The molecular weight excluding hydrogens is 341 g/mol. The molecule has 0 rings (SSSR count). The highest BCUT2D eigenvalue weighted by molar-refractivity contribution is 7.90. The van der Waals surface area contributed by atoms with E-state index in [2.05, 4.69) is 5.32 Å². The van der Waals surface area contributed by atoms with Gasteiger partial charge in [0.2, 0.25) is 5.91 Å². The molecule has 0 heterocycles. The number of sulfone groups is 1. The van der Waals surface area contributed by atoms with Gasteiger partial charge in [0.15, 0.2) is 0 Å². The molecule has 0 fully saturated rings. The minimum Gasteiger partial charge on any atom is -0.444 e. The van der Waals surface area contributed by atoms with E-state index in [1.807, 2.05) is 0 Å². The van der Waals surface area contributed by atoms with Gasteiger partial charge in [-0.3, -0.25) is 4.79 Å². The number of hydrogen-bond acceptors (Lipinski definition) is 5. The summed E-state index contributed by atoms with van der Waals surface area (Å²) in [6.45, 7) is 3.09. The van der Waals surface area contributed by atoms with Crippen molar-refractivity contribution in [3.05, 3.63) is 0 Å². The lowest BCUT2D eigenvalue weighted by Gasteiger charge is -2.23. The predicted octanol–water partition coefficient (Wildman–Crippen LogP) is 0.993. The summed E-state index contributed by atoms with van der Waals surface area (Å²) in [5, 5.41) is 3.68. The monoisotopic (exact) mass is 362 g/mol. The van der Waals surface area contributed by atoms with Crippen LogP contribution >= 0.6 is 0 Å². The van der Waals surface area contributed by atoms with Gasteiger partial charge in [-0.05, 0) is 27.2 Å². The second-order valence-corrected chi connectivity index (χ2v) is 8.21. The fraction of sp³-hybridized carbons (Fsp3) is 0.833. The van der Waals surface area contributed by atoms with E-state index in [0.29, 0.717) is 0 Å². The minimum absolute atomic E-state index is 0.373. The van der Waals surface area contributed by atoms with Crippen molar-refractivity contribution >= 4 is 21.8 Å². The van der Waals surface area contributed by atoms with E-state index in [1.54, 1.807) is 26.1 Å². The summed E-state index contributed by atoms with van der Waals surface area (Å²) in [5.41, 5.74) is -0.881. The van der Waals surface area contributed by atoms with Gasteiger partial charge in [-0.15, -0.1) is 0 Å². The second kappa shape index (κ2) is 7.84. The van der Waals surface area contributed by atoms with Gasteiger partial charge in [-0.25, -0.2) is 13.2 Å². The molecule has 0 aliphatic rings. The van der Waals surface area contributed by atoms with Crippen LogP contribution in [0, 0.1) is 0 Å². The molecule has 0 radical (unpaired) electrons. The second-order valence-electron chi connectivity index (χ2n) is 5.95. The van der Waals surface area contributed by atoms with Crippen LogP contribution in [0.25, 0.3) is 0 Å². The fourth-order valence-corrected chi connectivity index (χ4v) is 2.02. The first-order valence-electron chi connectivity index (χ1n) is 6.61. The first kappa shape index (κ1) is 21.5. The van der Waals surface area contributed by atoms with Crippen LogP contribution in [0.5, 0.6) is 0 Å². The Morgan fingerprint density at radius 1 is 1.17 bits per heavy atom. The molecule has 0 aliphatic heterocycles. The molecule has 0 saturated heterocycles. The number of amides is 2. The number of halogens is 3. The maximum absolute atomic E-state index is 12.1. The normalized spacial score (nSPS) is 14.0. The van der Waals surface area contributed by atoms with Gasteiger partial charge in [-0.2, -0.15) is 13.2 Å². The van der Waals surface area contributed by atoms with E-state index in [-0.39, 0.29) is 6.42 Å². The van der Waals surface area contributed by atoms with Crippen molar-refractivity contribution in [1.29, 1.82) is 0 Å². The van der Waals surface area contributed by atoms with Gasteiger partial charge in [0.25, 0.3) is 0 Å². The fourth-order valence-electron chi connectivity index (χ4n) is 1.36. The van der Waals surface area contributed by atoms with Crippen molar-refractivity contribution in [2.45, 2.75) is 45.0 Å². The molecule has 0 aromatic rings. The molecule has 23 heavy (non-hydrogen) atoms. The SMILES string of the molecule is CC(C)(C)OC(=O)N[C@H](CCS(C)(=O)=O)C(=O)NCC(F)(F)F. The third kappa shape index (κ3) is 12.7. The van der Waals surface area contributed by atoms with Crippen LogP contribution in [-0.4, -0.2) is 56.8 Å². The van der Waals surface area contributed by atoms with E-state index in [9.17, 15) is 31.2 Å². The van der Waals surface area contributed by atoms with Crippen LogP contribution < -0.4 is 10.6 Å². The van der Waals surface area contributed by atoms with Crippen molar-refractivity contribution in [2.75, 3.05) is 18.6 Å². The molecule has 1 atom stereocenters. The molecule has 136 valence electrons. The zero-order chi connectivity index (χ0) is 18.5. The first-order chi connectivity index (χ1) is 10.1. The minimum atomic E-state index is -4.62. The Bertz CT molecular complexity index is 526. The van der Waals surface area contributed by atoms with Crippen molar-refractivity contribution in [3.63, 3.8) is 0 Å². The van der Waals surface area contributed by atoms with E-state index < -0.39 is 52.0 Å². The summed E-state index contributed by atoms with van der Waals surface area (Å²) >= 11 is 0. The Hall–Kier alpha value is -1.52. The lowest BCUT2D eigenvalue weighted by Crippen LogP contribution is -2.50. The maximum Gasteiger partial charge on any atom is 0.408 e. The topological polar surface area (TPSA) is 102 Å². The number of alkyl halides is 3. The standard InChI is InChI=1S/C12H21F3N2O5S/c1-11(2,3)22-10(19)17-8(5-6-23(4,20)21)9(18)16-7-12(13,14)15/h8H,5-7H2,1-4H3,(H,16,18)(H,17,19)/t8-/m1/s1. The third-order valence-corrected chi connectivity index (χ3v) is 3.23. The number of alkyl carbamates (subject to hydrolysis) is 1. The Morgan fingerprint density at radius 2 is 1.70 bits per heavy atom. The zero-order valence-corrected chi connectivity index (χ0v) is 14.1. The van der Waals surface area contributed by atoms with Gasteiger partial charge < -0.3 is 15.4 Å². The van der Waals surface area contributed by atoms with Crippen LogP contribution in [0.2, 0.25) is 0 Å². The Labute approximate surface area is 132 Å². The van der Waals surface area contributed by atoms with Crippen molar-refractivity contribution in [3.8, 4) is 0 Å². The van der Waals surface area contributed by atoms with Crippen molar-refractivity contribution in [1.82, 2.24) is 10.6 Å². The van der Waals surface area contributed by atoms with E-state index >= 15 is 0 Å². The number of carbonyl (C=O) groups excluding carboxylic acids is 2. The molecule has 2 N–H and O–H groups in total. The van der Waals surface area contributed by atoms with Crippen molar-refractivity contribution < 1.29 is 35.9 Å². The lowest BCUT2D eigenvalue weighted by molar-refractivity contribution is -0.139. The Morgan fingerprint density at radius 3 is 2.09 bits per heavy atom. The van der Waals surface area contributed by atoms with E-state index in [4.69, 9.17) is 4.74 Å². The van der Waals surface area contributed by atoms with E-state index in [0.717, 1.165) is 6.26 Å². The summed E-state index contributed by atoms with van der Waals surface area (Å²) in [7, 11) is -3.46. The number of nitrogens with one attached hydrogen (secondary N) is 2. The van der Waals surface area contributed by atoms with Gasteiger partial charge in [0, 0.05) is 6.26 Å². The van der Waals surface area contributed by atoms with Crippen LogP contribution in [-0.2, 0) is 19.4 Å². The summed E-state index contributed by atoms with van der Waals surface area (Å²) in [5.74, 6) is -1.62. The summed E-state index contributed by atoms with van der Waals surface area (Å²) in [4.78, 5) is 23.3. The molecule has 11 heteroatoms. The Balaban J connectivity index is 4.86. The molecular formula is C12H21F3N2O5S. The molecule has 0 aromatic carbocycles. The number of ether oxygens (including phenoxy) is 1. The van der Waals surface area contributed by atoms with Gasteiger partial charge in [-0.1, -0.05) is 0 Å². The molecule has 0 aromatic heterocycles. The van der Waals surface area contributed by atoms with Crippen molar-refractivity contribution in [2.24, 2.45) is 0 Å². The molecule has 0 bridgehead atoms. The van der Waals surface area contributed by atoms with Crippen LogP contribution in [0.1, 0.15) is 27.2 Å². The van der Waals surface area contributed by atoms with Gasteiger partial charge in [0.1, 0.15) is 28.0 Å². The third-order valence-electron chi connectivity index (χ3n) is 2.25. The average Bonchev–Trinajstić information content (AvgIpc) is 2.27. The summed E-state index contributed by atoms with van der Waals surface area (Å²) in [6, 6.07) is -1.46. The molecule has 2 amide bonds. The first-order valence-corrected chi connectivity index (χ1v) is 8.67. The largest absolute Gasteiger partial charge is 0.444 e. The number of carbonyl (C=O) groups is 2. The maximum atomic E-state index is 12.1. The summed E-state index contributed by atoms with van der Waals surface area (Å²) in [6.07, 6.45) is -5.12. The van der Waals surface area contributed by atoms with E-state index in [1.165, 1.54) is 0 Å². The highest BCUT2D eigenvalue weighted by atomic mass is 32.2. The van der Waals surface area contributed by atoms with Crippen LogP contribution in [0.4, 0.5) is 18.0 Å². The van der Waals surface area contributed by atoms with Crippen LogP contribution in [0.15, 0.2) is 0 Å². The molecule has 0 spiro atoms.